The average molecular weight is 382 g/mol. The third-order valence-electron chi connectivity index (χ3n) is 3.51. The second-order valence-corrected chi connectivity index (χ2v) is 8.11. The molecule has 1 aliphatic rings. The second kappa shape index (κ2) is 6.32. The number of piperazine rings is 1. The number of hydrogen-bond donors (Lipinski definition) is 0. The van der Waals surface area contributed by atoms with Gasteiger partial charge in [-0.15, -0.1) is 11.6 Å². The first-order valence-electron chi connectivity index (χ1n) is 6.41. The molecule has 0 aliphatic carbocycles. The normalized spacial score (nSPS) is 22.1. The highest BCUT2D eigenvalue weighted by molar-refractivity contribution is 9.10. The number of alkyl halides is 1. The molecule has 1 unspecified atom stereocenters. The zero-order valence-electron chi connectivity index (χ0n) is 11.5. The van der Waals surface area contributed by atoms with Crippen LogP contribution in [0.4, 0.5) is 0 Å². The summed E-state index contributed by atoms with van der Waals surface area (Å²) in [6, 6.07) is 5.18. The Hall–Kier alpha value is -0.140. The van der Waals surface area contributed by atoms with Crippen LogP contribution in [0.1, 0.15) is 12.5 Å². The summed E-state index contributed by atoms with van der Waals surface area (Å²) >= 11 is 9.14. The standard InChI is InChI=1S/C13H18BrClN2O2S/c1-10-9-16(2)5-6-17(10)20(18,19)13-7-11(8-15)3-4-12(13)14/h3-4,7,10H,5-6,8-9H2,1-2H3. The monoisotopic (exact) mass is 380 g/mol. The van der Waals surface area contributed by atoms with Crippen molar-refractivity contribution in [2.45, 2.75) is 23.7 Å². The summed E-state index contributed by atoms with van der Waals surface area (Å²) in [5, 5.41) is 0. The van der Waals surface area contributed by atoms with E-state index in [1.165, 1.54) is 0 Å². The van der Waals surface area contributed by atoms with Crippen LogP contribution >= 0.6 is 27.5 Å². The fourth-order valence-corrected chi connectivity index (χ4v) is 5.19. The first kappa shape index (κ1) is 16.2. The van der Waals surface area contributed by atoms with E-state index in [0.717, 1.165) is 18.7 Å². The molecule has 1 atom stereocenters. The lowest BCUT2D eigenvalue weighted by Crippen LogP contribution is -2.52. The van der Waals surface area contributed by atoms with E-state index < -0.39 is 10.0 Å². The van der Waals surface area contributed by atoms with Crippen molar-refractivity contribution in [3.05, 3.63) is 28.2 Å². The molecule has 1 aromatic carbocycles. The van der Waals surface area contributed by atoms with Crippen molar-refractivity contribution in [3.8, 4) is 0 Å². The molecule has 0 N–H and O–H groups in total. The van der Waals surface area contributed by atoms with Gasteiger partial charge in [0.15, 0.2) is 0 Å². The molecule has 0 saturated carbocycles. The highest BCUT2D eigenvalue weighted by atomic mass is 79.9. The van der Waals surface area contributed by atoms with Crippen LogP contribution in [-0.4, -0.2) is 50.3 Å². The van der Waals surface area contributed by atoms with Crippen molar-refractivity contribution in [2.75, 3.05) is 26.7 Å². The van der Waals surface area contributed by atoms with Crippen LogP contribution in [0.5, 0.6) is 0 Å². The summed E-state index contributed by atoms with van der Waals surface area (Å²) in [7, 11) is -1.49. The Labute approximate surface area is 133 Å². The van der Waals surface area contributed by atoms with Gasteiger partial charge in [-0.3, -0.25) is 0 Å². The summed E-state index contributed by atoms with van der Waals surface area (Å²) in [5.41, 5.74) is 0.801. The minimum Gasteiger partial charge on any atom is -0.303 e. The largest absolute Gasteiger partial charge is 0.303 e. The van der Waals surface area contributed by atoms with Gasteiger partial charge in [0.05, 0.1) is 4.90 Å². The number of nitrogens with zero attached hydrogens (tertiary/aromatic N) is 2. The smallest absolute Gasteiger partial charge is 0.244 e. The molecule has 0 amide bonds. The molecule has 0 radical (unpaired) electrons. The van der Waals surface area contributed by atoms with Crippen molar-refractivity contribution in [1.82, 2.24) is 9.21 Å². The molecule has 1 aromatic rings. The molecule has 112 valence electrons. The third kappa shape index (κ3) is 3.20. The minimum atomic E-state index is -3.50. The van der Waals surface area contributed by atoms with Gasteiger partial charge < -0.3 is 4.90 Å². The van der Waals surface area contributed by atoms with Gasteiger partial charge in [-0.25, -0.2) is 8.42 Å². The number of benzene rings is 1. The first-order valence-corrected chi connectivity index (χ1v) is 9.18. The molecule has 1 fully saturated rings. The lowest BCUT2D eigenvalue weighted by molar-refractivity contribution is 0.170. The SMILES string of the molecule is CC1CN(C)CCN1S(=O)(=O)c1cc(CCl)ccc1Br. The molecular formula is C13H18BrClN2O2S. The Morgan fingerprint density at radius 2 is 2.10 bits per heavy atom. The number of rotatable bonds is 3. The molecule has 1 saturated heterocycles. The van der Waals surface area contributed by atoms with Crippen LogP contribution in [0.2, 0.25) is 0 Å². The molecule has 1 aliphatic heterocycles. The molecule has 0 bridgehead atoms. The third-order valence-corrected chi connectivity index (χ3v) is 6.82. The van der Waals surface area contributed by atoms with Crippen LogP contribution in [0.15, 0.2) is 27.6 Å². The summed E-state index contributed by atoms with van der Waals surface area (Å²) < 4.78 is 27.8. The maximum Gasteiger partial charge on any atom is 0.244 e. The minimum absolute atomic E-state index is 0.0368. The maximum atomic E-state index is 12.8. The molecule has 4 nitrogen and oxygen atoms in total. The van der Waals surface area contributed by atoms with Crippen LogP contribution < -0.4 is 0 Å². The lowest BCUT2D eigenvalue weighted by atomic mass is 10.2. The van der Waals surface area contributed by atoms with E-state index in [1.807, 2.05) is 20.0 Å². The number of hydrogen-bond acceptors (Lipinski definition) is 3. The van der Waals surface area contributed by atoms with Gasteiger partial charge in [0, 0.05) is 36.0 Å². The number of halogens is 2. The predicted molar refractivity (Wildman–Crippen MR) is 84.5 cm³/mol. The quantitative estimate of drug-likeness (QED) is 0.755. The highest BCUT2D eigenvalue weighted by Crippen LogP contribution is 2.28. The van der Waals surface area contributed by atoms with Crippen LogP contribution in [0.25, 0.3) is 0 Å². The lowest BCUT2D eigenvalue weighted by Gasteiger charge is -2.37. The molecule has 20 heavy (non-hydrogen) atoms. The molecule has 7 heteroatoms. The average Bonchev–Trinajstić information content (AvgIpc) is 2.38. The van der Waals surface area contributed by atoms with E-state index in [2.05, 4.69) is 20.8 Å². The van der Waals surface area contributed by atoms with Crippen LogP contribution in [0, 0.1) is 0 Å². The number of sulfonamides is 1. The second-order valence-electron chi connectivity index (χ2n) is 5.13. The highest BCUT2D eigenvalue weighted by Gasteiger charge is 2.33. The summed E-state index contributed by atoms with van der Waals surface area (Å²) in [6.07, 6.45) is 0. The van der Waals surface area contributed by atoms with Gasteiger partial charge >= 0.3 is 0 Å². The van der Waals surface area contributed by atoms with Crippen LogP contribution in [0.3, 0.4) is 0 Å². The van der Waals surface area contributed by atoms with Gasteiger partial charge in [-0.2, -0.15) is 4.31 Å². The fraction of sp³-hybridized carbons (Fsp3) is 0.538. The zero-order chi connectivity index (χ0) is 14.9. The summed E-state index contributed by atoms with van der Waals surface area (Å²) in [4.78, 5) is 2.44. The Balaban J connectivity index is 2.40. The van der Waals surface area contributed by atoms with Gasteiger partial charge in [0.2, 0.25) is 10.0 Å². The Morgan fingerprint density at radius 1 is 1.40 bits per heavy atom. The van der Waals surface area contributed by atoms with E-state index in [-0.39, 0.29) is 6.04 Å². The molecule has 1 heterocycles. The van der Waals surface area contributed by atoms with Crippen molar-refractivity contribution in [2.24, 2.45) is 0 Å². The van der Waals surface area contributed by atoms with Crippen molar-refractivity contribution in [1.29, 1.82) is 0 Å². The van der Waals surface area contributed by atoms with Crippen molar-refractivity contribution >= 4 is 37.6 Å². The predicted octanol–water partition coefficient (Wildman–Crippen LogP) is 2.51. The Morgan fingerprint density at radius 3 is 2.70 bits per heavy atom. The van der Waals surface area contributed by atoms with E-state index in [1.54, 1.807) is 16.4 Å². The Kier molecular flexibility index (Phi) is 5.13. The van der Waals surface area contributed by atoms with E-state index in [0.29, 0.717) is 21.8 Å². The Bertz CT molecular complexity index is 594. The van der Waals surface area contributed by atoms with Gasteiger partial charge in [-0.1, -0.05) is 6.07 Å². The van der Waals surface area contributed by atoms with Gasteiger partial charge in [0.25, 0.3) is 0 Å². The zero-order valence-corrected chi connectivity index (χ0v) is 14.7. The van der Waals surface area contributed by atoms with Crippen molar-refractivity contribution < 1.29 is 8.42 Å². The van der Waals surface area contributed by atoms with E-state index in [4.69, 9.17) is 11.6 Å². The molecule has 0 aromatic heterocycles. The molecular weight excluding hydrogens is 364 g/mol. The van der Waals surface area contributed by atoms with Crippen LogP contribution in [-0.2, 0) is 15.9 Å². The van der Waals surface area contributed by atoms with Crippen molar-refractivity contribution in [3.63, 3.8) is 0 Å². The summed E-state index contributed by atoms with van der Waals surface area (Å²) in [6.45, 7) is 3.94. The first-order chi connectivity index (χ1) is 9.36. The molecule has 2 rings (SSSR count). The van der Waals surface area contributed by atoms with Gasteiger partial charge in [-0.05, 0) is 47.6 Å². The fourth-order valence-electron chi connectivity index (χ4n) is 2.44. The molecule has 0 spiro atoms. The van der Waals surface area contributed by atoms with Gasteiger partial charge in [0.1, 0.15) is 0 Å². The summed E-state index contributed by atoms with van der Waals surface area (Å²) in [5.74, 6) is 0.300. The maximum absolute atomic E-state index is 12.8. The van der Waals surface area contributed by atoms with E-state index in [9.17, 15) is 8.42 Å². The number of likely N-dealkylation sites (N-methyl/N-ethyl adjacent to an activating group) is 1. The van der Waals surface area contributed by atoms with E-state index >= 15 is 0 Å². The topological polar surface area (TPSA) is 40.6 Å².